The fraction of sp³-hybridized carbons (Fsp3) is 0.714. The highest BCUT2D eigenvalue weighted by atomic mass is 32.1. The quantitative estimate of drug-likeness (QED) is 0.693. The maximum absolute atomic E-state index is 4.05. The van der Waals surface area contributed by atoms with Gasteiger partial charge >= 0.3 is 0 Å². The summed E-state index contributed by atoms with van der Waals surface area (Å²) in [5, 5.41) is 10.1. The summed E-state index contributed by atoms with van der Waals surface area (Å²) < 4.78 is 0. The van der Waals surface area contributed by atoms with Gasteiger partial charge in [0, 0.05) is 13.1 Å². The molecule has 0 fully saturated rings. The average Bonchev–Trinajstić information content (AvgIpc) is 2.39. The lowest BCUT2D eigenvalue weighted by Gasteiger charge is -2.15. The van der Waals surface area contributed by atoms with Gasteiger partial charge in [-0.3, -0.25) is 0 Å². The van der Waals surface area contributed by atoms with Gasteiger partial charge in [-0.05, 0) is 20.8 Å². The van der Waals surface area contributed by atoms with Gasteiger partial charge in [-0.1, -0.05) is 11.3 Å². The van der Waals surface area contributed by atoms with E-state index in [0.29, 0.717) is 0 Å². The fourth-order valence-corrected chi connectivity index (χ4v) is 1.72. The van der Waals surface area contributed by atoms with Crippen LogP contribution in [0.1, 0.15) is 18.9 Å². The third-order valence-corrected chi connectivity index (χ3v) is 2.45. The van der Waals surface area contributed by atoms with Gasteiger partial charge < -0.3 is 4.90 Å². The topological polar surface area (TPSA) is 29.0 Å². The molecule has 1 aromatic rings. The number of hydrogen-bond acceptors (Lipinski definition) is 4. The van der Waals surface area contributed by atoms with E-state index in [4.69, 9.17) is 0 Å². The molecule has 1 heterocycles. The van der Waals surface area contributed by atoms with Gasteiger partial charge in [0.05, 0.1) is 0 Å². The molecule has 1 rings (SSSR count). The van der Waals surface area contributed by atoms with E-state index in [9.17, 15) is 0 Å². The van der Waals surface area contributed by atoms with Crippen LogP contribution in [0, 0.1) is 6.92 Å². The molecule has 0 unspecified atom stereocenters. The normalized spacial score (nSPS) is 10.1. The lowest BCUT2D eigenvalue weighted by molar-refractivity contribution is 0.844. The molecule has 11 heavy (non-hydrogen) atoms. The van der Waals surface area contributed by atoms with Crippen molar-refractivity contribution in [1.82, 2.24) is 10.2 Å². The predicted octanol–water partition coefficient (Wildman–Crippen LogP) is 1.69. The van der Waals surface area contributed by atoms with Crippen LogP contribution < -0.4 is 4.90 Å². The van der Waals surface area contributed by atoms with Crippen LogP contribution in [0.3, 0.4) is 0 Å². The van der Waals surface area contributed by atoms with E-state index in [0.717, 1.165) is 23.2 Å². The van der Waals surface area contributed by atoms with E-state index in [1.165, 1.54) is 0 Å². The van der Waals surface area contributed by atoms with Crippen molar-refractivity contribution < 1.29 is 0 Å². The van der Waals surface area contributed by atoms with Crippen LogP contribution in [0.2, 0.25) is 0 Å². The number of aromatic nitrogens is 2. The second-order valence-electron chi connectivity index (χ2n) is 2.28. The van der Waals surface area contributed by atoms with Gasteiger partial charge in [-0.15, -0.1) is 10.2 Å². The zero-order valence-electron chi connectivity index (χ0n) is 7.16. The minimum absolute atomic E-state index is 1.01. The van der Waals surface area contributed by atoms with Crippen molar-refractivity contribution >= 4 is 16.5 Å². The fourth-order valence-electron chi connectivity index (χ4n) is 0.908. The first-order valence-corrected chi connectivity index (χ1v) is 4.64. The van der Waals surface area contributed by atoms with Crippen molar-refractivity contribution in [2.24, 2.45) is 0 Å². The Morgan fingerprint density at radius 3 is 2.27 bits per heavy atom. The van der Waals surface area contributed by atoms with E-state index in [1.807, 2.05) is 6.92 Å². The molecule has 0 amide bonds. The minimum Gasteiger partial charge on any atom is -0.347 e. The van der Waals surface area contributed by atoms with Crippen LogP contribution in [0.4, 0.5) is 5.13 Å². The molecule has 0 saturated carbocycles. The zero-order chi connectivity index (χ0) is 8.27. The summed E-state index contributed by atoms with van der Waals surface area (Å²) in [5.41, 5.74) is 0. The van der Waals surface area contributed by atoms with Gasteiger partial charge in [-0.25, -0.2) is 0 Å². The van der Waals surface area contributed by atoms with E-state index in [-0.39, 0.29) is 0 Å². The van der Waals surface area contributed by atoms with Gasteiger partial charge in [0.1, 0.15) is 5.01 Å². The summed E-state index contributed by atoms with van der Waals surface area (Å²) in [4.78, 5) is 2.20. The SMILES string of the molecule is CCN(CC)c1nnc(C)s1. The molecule has 0 N–H and O–H groups in total. The molecule has 0 aliphatic heterocycles. The molecule has 0 aliphatic carbocycles. The molecule has 0 aliphatic rings. The maximum Gasteiger partial charge on any atom is 0.208 e. The summed E-state index contributed by atoms with van der Waals surface area (Å²) in [7, 11) is 0. The summed E-state index contributed by atoms with van der Waals surface area (Å²) >= 11 is 1.65. The second-order valence-corrected chi connectivity index (χ2v) is 3.44. The van der Waals surface area contributed by atoms with E-state index < -0.39 is 0 Å². The number of rotatable bonds is 3. The zero-order valence-corrected chi connectivity index (χ0v) is 7.98. The van der Waals surface area contributed by atoms with E-state index in [1.54, 1.807) is 11.3 Å². The first kappa shape index (κ1) is 8.46. The van der Waals surface area contributed by atoms with Crippen LogP contribution in [-0.4, -0.2) is 23.3 Å². The molecular formula is C7H13N3S. The molecule has 0 radical (unpaired) electrons. The van der Waals surface area contributed by atoms with Crippen molar-refractivity contribution in [2.45, 2.75) is 20.8 Å². The number of nitrogens with zero attached hydrogens (tertiary/aromatic N) is 3. The lowest BCUT2D eigenvalue weighted by Crippen LogP contribution is -2.21. The Morgan fingerprint density at radius 2 is 1.91 bits per heavy atom. The first-order chi connectivity index (χ1) is 5.27. The summed E-state index contributed by atoms with van der Waals surface area (Å²) in [5.74, 6) is 0. The molecule has 1 aromatic heterocycles. The second kappa shape index (κ2) is 3.67. The molecule has 0 spiro atoms. The van der Waals surface area contributed by atoms with E-state index in [2.05, 4.69) is 28.9 Å². The molecule has 4 heteroatoms. The van der Waals surface area contributed by atoms with Crippen molar-refractivity contribution in [3.63, 3.8) is 0 Å². The Hall–Kier alpha value is -0.640. The van der Waals surface area contributed by atoms with Crippen LogP contribution >= 0.6 is 11.3 Å². The van der Waals surface area contributed by atoms with E-state index >= 15 is 0 Å². The van der Waals surface area contributed by atoms with Gasteiger partial charge in [0.15, 0.2) is 0 Å². The molecule has 62 valence electrons. The Bertz CT molecular complexity index is 217. The third-order valence-electron chi connectivity index (χ3n) is 1.55. The van der Waals surface area contributed by atoms with Crippen molar-refractivity contribution in [1.29, 1.82) is 0 Å². The van der Waals surface area contributed by atoms with Gasteiger partial charge in [-0.2, -0.15) is 0 Å². The molecule has 0 atom stereocenters. The van der Waals surface area contributed by atoms with Crippen molar-refractivity contribution in [3.8, 4) is 0 Å². The molecule has 0 bridgehead atoms. The van der Waals surface area contributed by atoms with Crippen molar-refractivity contribution in [2.75, 3.05) is 18.0 Å². The third kappa shape index (κ3) is 1.89. The van der Waals surface area contributed by atoms with Crippen LogP contribution in [0.15, 0.2) is 0 Å². The molecular weight excluding hydrogens is 158 g/mol. The van der Waals surface area contributed by atoms with Gasteiger partial charge in [0.2, 0.25) is 5.13 Å². The van der Waals surface area contributed by atoms with Crippen LogP contribution in [0.25, 0.3) is 0 Å². The number of hydrogen-bond donors (Lipinski definition) is 0. The van der Waals surface area contributed by atoms with Crippen molar-refractivity contribution in [3.05, 3.63) is 5.01 Å². The number of anilines is 1. The largest absolute Gasteiger partial charge is 0.347 e. The summed E-state index contributed by atoms with van der Waals surface area (Å²) in [6.07, 6.45) is 0. The van der Waals surface area contributed by atoms with Gasteiger partial charge in [0.25, 0.3) is 0 Å². The number of aryl methyl sites for hydroxylation is 1. The highest BCUT2D eigenvalue weighted by Gasteiger charge is 2.05. The Kier molecular flexibility index (Phi) is 2.82. The monoisotopic (exact) mass is 171 g/mol. The highest BCUT2D eigenvalue weighted by molar-refractivity contribution is 7.15. The Balaban J connectivity index is 2.73. The summed E-state index contributed by atoms with van der Waals surface area (Å²) in [6, 6.07) is 0. The summed E-state index contributed by atoms with van der Waals surface area (Å²) in [6.45, 7) is 8.24. The lowest BCUT2D eigenvalue weighted by atomic mass is 10.6. The molecule has 0 saturated heterocycles. The molecule has 3 nitrogen and oxygen atoms in total. The smallest absolute Gasteiger partial charge is 0.208 e. The molecule has 0 aromatic carbocycles. The Labute approximate surface area is 71.1 Å². The maximum atomic E-state index is 4.05. The predicted molar refractivity (Wildman–Crippen MR) is 48.2 cm³/mol. The first-order valence-electron chi connectivity index (χ1n) is 3.83. The standard InChI is InChI=1S/C7H13N3S/c1-4-10(5-2)7-9-8-6(3)11-7/h4-5H2,1-3H3. The van der Waals surface area contributed by atoms with Crippen LogP contribution in [-0.2, 0) is 0 Å². The Morgan fingerprint density at radius 1 is 1.27 bits per heavy atom. The minimum atomic E-state index is 1.01. The average molecular weight is 171 g/mol. The highest BCUT2D eigenvalue weighted by Crippen LogP contribution is 2.18. The van der Waals surface area contributed by atoms with Crippen LogP contribution in [0.5, 0.6) is 0 Å².